The number of carbonyl (C=O) groups is 1. The van der Waals surface area contributed by atoms with Gasteiger partial charge in [0, 0.05) is 17.1 Å². The van der Waals surface area contributed by atoms with Gasteiger partial charge in [0.2, 0.25) is 5.91 Å². The third-order valence-electron chi connectivity index (χ3n) is 3.01. The number of aryl methyl sites for hydroxylation is 2. The first-order valence-electron chi connectivity index (χ1n) is 6.35. The third kappa shape index (κ3) is 4.07. The molecule has 4 heteroatoms. The molecule has 2 aromatic rings. The van der Waals surface area contributed by atoms with E-state index < -0.39 is 0 Å². The maximum Gasteiger partial charge on any atom is 0.224 e. The Morgan fingerprint density at radius 2 is 1.90 bits per heavy atom. The summed E-state index contributed by atoms with van der Waals surface area (Å²) < 4.78 is 13.4. The van der Waals surface area contributed by atoms with E-state index in [2.05, 4.69) is 5.32 Å². The summed E-state index contributed by atoms with van der Waals surface area (Å²) in [6.45, 7) is 1.68. The molecule has 0 radical (unpaired) electrons. The monoisotopic (exact) mass is 291 g/mol. The van der Waals surface area contributed by atoms with Crippen molar-refractivity contribution in [2.45, 2.75) is 19.8 Å². The molecule has 0 aliphatic carbocycles. The van der Waals surface area contributed by atoms with E-state index in [-0.39, 0.29) is 11.7 Å². The van der Waals surface area contributed by atoms with E-state index >= 15 is 0 Å². The van der Waals surface area contributed by atoms with Gasteiger partial charge in [0.05, 0.1) is 0 Å². The highest BCUT2D eigenvalue weighted by molar-refractivity contribution is 6.30. The zero-order valence-electron chi connectivity index (χ0n) is 11.1. The summed E-state index contributed by atoms with van der Waals surface area (Å²) in [6.07, 6.45) is 0.967. The Bertz CT molecular complexity index is 610. The second-order valence-corrected chi connectivity index (χ2v) is 5.08. The number of nitrogens with one attached hydrogen (secondary N) is 1. The SMILES string of the molecule is Cc1ccc(NC(=O)CCc2ccc(Cl)cc2)cc1F. The molecule has 0 fully saturated rings. The number of rotatable bonds is 4. The molecule has 104 valence electrons. The first-order chi connectivity index (χ1) is 9.54. The summed E-state index contributed by atoms with van der Waals surface area (Å²) in [6, 6.07) is 12.0. The Labute approximate surface area is 122 Å². The molecule has 2 aromatic carbocycles. The molecule has 0 aromatic heterocycles. The van der Waals surface area contributed by atoms with E-state index in [1.165, 1.54) is 6.07 Å². The Balaban J connectivity index is 1.89. The van der Waals surface area contributed by atoms with Crippen molar-refractivity contribution in [3.05, 3.63) is 64.4 Å². The van der Waals surface area contributed by atoms with Crippen LogP contribution in [0.5, 0.6) is 0 Å². The van der Waals surface area contributed by atoms with E-state index in [1.54, 1.807) is 31.2 Å². The minimum Gasteiger partial charge on any atom is -0.326 e. The van der Waals surface area contributed by atoms with E-state index in [0.29, 0.717) is 29.1 Å². The van der Waals surface area contributed by atoms with Gasteiger partial charge in [0.1, 0.15) is 5.82 Å². The average Bonchev–Trinajstić information content (AvgIpc) is 2.42. The molecule has 2 rings (SSSR count). The molecular formula is C16H15ClFNO. The van der Waals surface area contributed by atoms with E-state index in [9.17, 15) is 9.18 Å². The van der Waals surface area contributed by atoms with Crippen LogP contribution in [0, 0.1) is 12.7 Å². The van der Waals surface area contributed by atoms with Gasteiger partial charge >= 0.3 is 0 Å². The fourth-order valence-corrected chi connectivity index (χ4v) is 1.93. The second kappa shape index (κ2) is 6.53. The molecule has 1 amide bonds. The van der Waals surface area contributed by atoms with E-state index in [0.717, 1.165) is 5.56 Å². The number of hydrogen-bond donors (Lipinski definition) is 1. The fraction of sp³-hybridized carbons (Fsp3) is 0.188. The molecule has 0 saturated carbocycles. The van der Waals surface area contributed by atoms with Gasteiger partial charge in [-0.05, 0) is 48.7 Å². The lowest BCUT2D eigenvalue weighted by atomic mass is 10.1. The van der Waals surface area contributed by atoms with Crippen LogP contribution in [0.25, 0.3) is 0 Å². The first-order valence-corrected chi connectivity index (χ1v) is 6.73. The molecule has 0 atom stereocenters. The van der Waals surface area contributed by atoms with Crippen molar-refractivity contribution in [1.82, 2.24) is 0 Å². The number of anilines is 1. The van der Waals surface area contributed by atoms with E-state index in [1.807, 2.05) is 12.1 Å². The van der Waals surface area contributed by atoms with Crippen molar-refractivity contribution in [1.29, 1.82) is 0 Å². The number of hydrogen-bond acceptors (Lipinski definition) is 1. The molecule has 0 heterocycles. The Kier molecular flexibility index (Phi) is 4.74. The minimum absolute atomic E-state index is 0.136. The summed E-state index contributed by atoms with van der Waals surface area (Å²) in [5.41, 5.74) is 2.08. The van der Waals surface area contributed by atoms with Crippen molar-refractivity contribution in [2.24, 2.45) is 0 Å². The topological polar surface area (TPSA) is 29.1 Å². The molecule has 0 aliphatic heterocycles. The summed E-state index contributed by atoms with van der Waals surface area (Å²) in [4.78, 5) is 11.8. The van der Waals surface area contributed by atoms with Crippen molar-refractivity contribution < 1.29 is 9.18 Å². The number of halogens is 2. The van der Waals surface area contributed by atoms with Crippen LogP contribution < -0.4 is 5.32 Å². The van der Waals surface area contributed by atoms with Gasteiger partial charge in [-0.1, -0.05) is 29.8 Å². The van der Waals surface area contributed by atoms with Crippen LogP contribution in [-0.2, 0) is 11.2 Å². The lowest BCUT2D eigenvalue weighted by Gasteiger charge is -2.06. The van der Waals surface area contributed by atoms with Crippen LogP contribution in [0.15, 0.2) is 42.5 Å². The highest BCUT2D eigenvalue weighted by atomic mass is 35.5. The van der Waals surface area contributed by atoms with E-state index in [4.69, 9.17) is 11.6 Å². The lowest BCUT2D eigenvalue weighted by Crippen LogP contribution is -2.12. The third-order valence-corrected chi connectivity index (χ3v) is 3.26. The molecule has 0 unspecified atom stereocenters. The fourth-order valence-electron chi connectivity index (χ4n) is 1.80. The molecule has 0 bridgehead atoms. The van der Waals surface area contributed by atoms with Crippen molar-refractivity contribution in [2.75, 3.05) is 5.32 Å². The Morgan fingerprint density at radius 1 is 1.20 bits per heavy atom. The van der Waals surface area contributed by atoms with Crippen molar-refractivity contribution in [3.63, 3.8) is 0 Å². The van der Waals surface area contributed by atoms with Gasteiger partial charge in [0.15, 0.2) is 0 Å². The molecular weight excluding hydrogens is 277 g/mol. The second-order valence-electron chi connectivity index (χ2n) is 4.64. The standard InChI is InChI=1S/C16H15ClFNO/c1-11-2-8-14(10-15(11)18)19-16(20)9-5-12-3-6-13(17)7-4-12/h2-4,6-8,10H,5,9H2,1H3,(H,19,20). The number of carbonyl (C=O) groups excluding carboxylic acids is 1. The highest BCUT2D eigenvalue weighted by Gasteiger charge is 2.05. The zero-order chi connectivity index (χ0) is 14.5. The van der Waals surface area contributed by atoms with Crippen molar-refractivity contribution in [3.8, 4) is 0 Å². The average molecular weight is 292 g/mol. The molecule has 0 spiro atoms. The van der Waals surface area contributed by atoms with Gasteiger partial charge in [0.25, 0.3) is 0 Å². The van der Waals surface area contributed by atoms with Crippen molar-refractivity contribution >= 4 is 23.2 Å². The minimum atomic E-state index is -0.319. The number of benzene rings is 2. The van der Waals surface area contributed by atoms with Crippen LogP contribution in [0.4, 0.5) is 10.1 Å². The predicted octanol–water partition coefficient (Wildman–Crippen LogP) is 4.36. The predicted molar refractivity (Wildman–Crippen MR) is 79.5 cm³/mol. The summed E-state index contributed by atoms with van der Waals surface area (Å²) in [5.74, 6) is -0.455. The maximum atomic E-state index is 13.4. The lowest BCUT2D eigenvalue weighted by molar-refractivity contribution is -0.116. The van der Waals surface area contributed by atoms with Crippen LogP contribution in [0.3, 0.4) is 0 Å². The van der Waals surface area contributed by atoms with Crippen LogP contribution in [-0.4, -0.2) is 5.91 Å². The van der Waals surface area contributed by atoms with Crippen LogP contribution in [0.1, 0.15) is 17.5 Å². The smallest absolute Gasteiger partial charge is 0.224 e. The normalized spacial score (nSPS) is 10.3. The van der Waals surface area contributed by atoms with Crippen LogP contribution in [0.2, 0.25) is 5.02 Å². The van der Waals surface area contributed by atoms with Crippen LogP contribution >= 0.6 is 11.6 Å². The maximum absolute atomic E-state index is 13.4. The van der Waals surface area contributed by atoms with Gasteiger partial charge in [-0.2, -0.15) is 0 Å². The van der Waals surface area contributed by atoms with Gasteiger partial charge in [-0.25, -0.2) is 4.39 Å². The van der Waals surface area contributed by atoms with Gasteiger partial charge in [-0.15, -0.1) is 0 Å². The summed E-state index contributed by atoms with van der Waals surface area (Å²) in [7, 11) is 0. The quantitative estimate of drug-likeness (QED) is 0.891. The zero-order valence-corrected chi connectivity index (χ0v) is 11.9. The summed E-state index contributed by atoms with van der Waals surface area (Å²) in [5, 5.41) is 3.36. The van der Waals surface area contributed by atoms with Gasteiger partial charge in [-0.3, -0.25) is 4.79 Å². The first kappa shape index (κ1) is 14.5. The molecule has 0 aliphatic rings. The summed E-state index contributed by atoms with van der Waals surface area (Å²) >= 11 is 5.79. The largest absolute Gasteiger partial charge is 0.326 e. The molecule has 20 heavy (non-hydrogen) atoms. The number of amides is 1. The Hall–Kier alpha value is -1.87. The van der Waals surface area contributed by atoms with Gasteiger partial charge < -0.3 is 5.32 Å². The highest BCUT2D eigenvalue weighted by Crippen LogP contribution is 2.15. The molecule has 0 saturated heterocycles. The molecule has 1 N–H and O–H groups in total. The molecule has 2 nitrogen and oxygen atoms in total. The Morgan fingerprint density at radius 3 is 2.55 bits per heavy atom.